The lowest BCUT2D eigenvalue weighted by Crippen LogP contribution is -2.19. The van der Waals surface area contributed by atoms with E-state index >= 15 is 0 Å². The molecule has 29 heavy (non-hydrogen) atoms. The number of hydrazone groups is 1. The molecule has 0 saturated carbocycles. The van der Waals surface area contributed by atoms with Crippen LogP contribution in [0.3, 0.4) is 0 Å². The van der Waals surface area contributed by atoms with Crippen LogP contribution in [0.4, 0.5) is 5.69 Å². The minimum atomic E-state index is -0.338. The molecule has 0 aliphatic heterocycles. The summed E-state index contributed by atoms with van der Waals surface area (Å²) < 4.78 is 5.75. The average Bonchev–Trinajstić information content (AvgIpc) is 3.15. The van der Waals surface area contributed by atoms with Gasteiger partial charge in [-0.1, -0.05) is 51.2 Å². The van der Waals surface area contributed by atoms with Crippen molar-refractivity contribution in [2.24, 2.45) is 5.10 Å². The Morgan fingerprint density at radius 3 is 2.55 bits per heavy atom. The smallest absolute Gasteiger partial charge is 0.291 e. The van der Waals surface area contributed by atoms with E-state index in [1.807, 2.05) is 19.1 Å². The number of benzene rings is 1. The summed E-state index contributed by atoms with van der Waals surface area (Å²) in [5.74, 6) is -0.197. The molecule has 7 heteroatoms. The lowest BCUT2D eigenvalue weighted by atomic mass is 10.1. The Labute approximate surface area is 180 Å². The molecule has 2 rings (SSSR count). The number of nitrogens with zero attached hydrogens (tertiary/aromatic N) is 1. The van der Waals surface area contributed by atoms with E-state index in [4.69, 9.17) is 4.42 Å². The summed E-state index contributed by atoms with van der Waals surface area (Å²) in [5.41, 5.74) is 4.71. The van der Waals surface area contributed by atoms with Crippen LogP contribution in [0.15, 0.2) is 50.6 Å². The number of hydrogen-bond donors (Lipinski definition) is 2. The first-order valence-corrected chi connectivity index (χ1v) is 10.8. The molecule has 2 aromatic rings. The quantitative estimate of drug-likeness (QED) is 0.248. The van der Waals surface area contributed by atoms with Gasteiger partial charge in [-0.05, 0) is 59.1 Å². The Morgan fingerprint density at radius 1 is 1.07 bits per heavy atom. The molecular weight excluding hydrogens is 434 g/mol. The summed E-state index contributed by atoms with van der Waals surface area (Å²) in [6.45, 7) is 4.01. The maximum atomic E-state index is 12.2. The molecule has 0 spiro atoms. The van der Waals surface area contributed by atoms with Gasteiger partial charge in [0.25, 0.3) is 5.91 Å². The highest BCUT2D eigenvalue weighted by atomic mass is 79.9. The number of halogens is 1. The van der Waals surface area contributed by atoms with Gasteiger partial charge in [0.05, 0.1) is 5.71 Å². The first-order chi connectivity index (χ1) is 14.0. The summed E-state index contributed by atoms with van der Waals surface area (Å²) >= 11 is 3.18. The molecule has 0 radical (unpaired) electrons. The SMILES string of the molecule is CCCCCCCCC(=O)N/N=C(\C)c1cccc(NC(=O)c2ccc(Br)o2)c1. The molecule has 0 saturated heterocycles. The Kier molecular flexibility index (Phi) is 9.64. The average molecular weight is 462 g/mol. The number of rotatable bonds is 11. The molecule has 1 heterocycles. The molecule has 0 aliphatic carbocycles. The third kappa shape index (κ3) is 8.23. The topological polar surface area (TPSA) is 83.7 Å². The zero-order chi connectivity index (χ0) is 21.1. The lowest BCUT2D eigenvalue weighted by molar-refractivity contribution is -0.121. The van der Waals surface area contributed by atoms with Gasteiger partial charge in [0.15, 0.2) is 10.4 Å². The molecule has 6 nitrogen and oxygen atoms in total. The Balaban J connectivity index is 1.83. The van der Waals surface area contributed by atoms with Crippen molar-refractivity contribution in [1.82, 2.24) is 5.43 Å². The van der Waals surface area contributed by atoms with Gasteiger partial charge in [-0.25, -0.2) is 5.43 Å². The van der Waals surface area contributed by atoms with Crippen LogP contribution in [-0.2, 0) is 4.79 Å². The summed E-state index contributed by atoms with van der Waals surface area (Å²) in [4.78, 5) is 24.1. The first kappa shape index (κ1) is 22.9. The summed E-state index contributed by atoms with van der Waals surface area (Å²) in [5, 5.41) is 6.97. The van der Waals surface area contributed by atoms with Crippen molar-refractivity contribution in [2.45, 2.75) is 58.8 Å². The number of nitrogens with one attached hydrogen (secondary N) is 2. The van der Waals surface area contributed by atoms with E-state index in [1.54, 1.807) is 24.3 Å². The van der Waals surface area contributed by atoms with Crippen LogP contribution in [0, 0.1) is 0 Å². The molecule has 0 fully saturated rings. The van der Waals surface area contributed by atoms with Crippen molar-refractivity contribution in [3.63, 3.8) is 0 Å². The highest BCUT2D eigenvalue weighted by Crippen LogP contribution is 2.17. The normalized spacial score (nSPS) is 11.3. The standard InChI is InChI=1S/C22H28BrN3O3/c1-3-4-5-6-7-8-12-21(27)26-25-16(2)17-10-9-11-18(15-17)24-22(28)19-13-14-20(23)29-19/h9-11,13-15H,3-8,12H2,1-2H3,(H,24,28)(H,26,27)/b25-16+. The second-order valence-corrected chi connectivity index (χ2v) is 7.67. The number of anilines is 1. The number of amides is 2. The van der Waals surface area contributed by atoms with Gasteiger partial charge in [0, 0.05) is 12.1 Å². The van der Waals surface area contributed by atoms with Crippen LogP contribution in [0.25, 0.3) is 0 Å². The third-order valence-corrected chi connectivity index (χ3v) is 4.87. The largest absolute Gasteiger partial charge is 0.444 e. The Bertz CT molecular complexity index is 845. The third-order valence-electron chi connectivity index (χ3n) is 4.44. The molecule has 1 aromatic carbocycles. The molecular formula is C22H28BrN3O3. The molecule has 156 valence electrons. The zero-order valence-corrected chi connectivity index (χ0v) is 18.5. The summed E-state index contributed by atoms with van der Waals surface area (Å²) in [6, 6.07) is 10.5. The highest BCUT2D eigenvalue weighted by molar-refractivity contribution is 9.10. The van der Waals surface area contributed by atoms with Gasteiger partial charge in [-0.2, -0.15) is 5.10 Å². The number of furan rings is 1. The maximum Gasteiger partial charge on any atom is 0.291 e. The van der Waals surface area contributed by atoms with Crippen molar-refractivity contribution >= 4 is 39.1 Å². The summed E-state index contributed by atoms with van der Waals surface area (Å²) in [6.07, 6.45) is 7.33. The van der Waals surface area contributed by atoms with E-state index in [-0.39, 0.29) is 17.6 Å². The number of hydrogen-bond acceptors (Lipinski definition) is 4. The van der Waals surface area contributed by atoms with Gasteiger partial charge in [0.2, 0.25) is 5.91 Å². The monoisotopic (exact) mass is 461 g/mol. The Hall–Kier alpha value is -2.41. The maximum absolute atomic E-state index is 12.2. The minimum absolute atomic E-state index is 0.0762. The number of carbonyl (C=O) groups excluding carboxylic acids is 2. The molecule has 1 aromatic heterocycles. The molecule has 0 bridgehead atoms. The minimum Gasteiger partial charge on any atom is -0.444 e. The van der Waals surface area contributed by atoms with Crippen molar-refractivity contribution in [3.8, 4) is 0 Å². The van der Waals surface area contributed by atoms with E-state index in [2.05, 4.69) is 38.7 Å². The van der Waals surface area contributed by atoms with Crippen LogP contribution >= 0.6 is 15.9 Å². The first-order valence-electron chi connectivity index (χ1n) is 10.00. The van der Waals surface area contributed by atoms with Crippen LogP contribution in [0.2, 0.25) is 0 Å². The Morgan fingerprint density at radius 2 is 1.83 bits per heavy atom. The van der Waals surface area contributed by atoms with Crippen LogP contribution in [0.5, 0.6) is 0 Å². The molecule has 2 amide bonds. The van der Waals surface area contributed by atoms with Crippen LogP contribution < -0.4 is 10.7 Å². The number of carbonyl (C=O) groups is 2. The van der Waals surface area contributed by atoms with E-state index in [1.165, 1.54) is 25.7 Å². The van der Waals surface area contributed by atoms with Crippen molar-refractivity contribution in [1.29, 1.82) is 0 Å². The van der Waals surface area contributed by atoms with Gasteiger partial charge in [-0.15, -0.1) is 0 Å². The zero-order valence-electron chi connectivity index (χ0n) is 17.0. The predicted molar refractivity (Wildman–Crippen MR) is 119 cm³/mol. The predicted octanol–water partition coefficient (Wildman–Crippen LogP) is 5.89. The second-order valence-electron chi connectivity index (χ2n) is 6.89. The fraction of sp³-hybridized carbons (Fsp3) is 0.409. The fourth-order valence-corrected chi connectivity index (χ4v) is 3.09. The lowest BCUT2D eigenvalue weighted by Gasteiger charge is -2.07. The van der Waals surface area contributed by atoms with E-state index < -0.39 is 0 Å². The van der Waals surface area contributed by atoms with Crippen molar-refractivity contribution in [2.75, 3.05) is 5.32 Å². The number of unbranched alkanes of at least 4 members (excludes halogenated alkanes) is 5. The van der Waals surface area contributed by atoms with Gasteiger partial charge in [-0.3, -0.25) is 9.59 Å². The van der Waals surface area contributed by atoms with Crippen molar-refractivity contribution in [3.05, 3.63) is 52.4 Å². The van der Waals surface area contributed by atoms with Crippen LogP contribution in [0.1, 0.15) is 74.9 Å². The van der Waals surface area contributed by atoms with Gasteiger partial charge >= 0.3 is 0 Å². The van der Waals surface area contributed by atoms with Gasteiger partial charge in [0.1, 0.15) is 0 Å². The van der Waals surface area contributed by atoms with E-state index in [0.29, 0.717) is 22.5 Å². The molecule has 0 unspecified atom stereocenters. The van der Waals surface area contributed by atoms with Crippen molar-refractivity contribution < 1.29 is 14.0 Å². The fourth-order valence-electron chi connectivity index (χ4n) is 2.78. The molecule has 0 aliphatic rings. The second kappa shape index (κ2) is 12.2. The summed E-state index contributed by atoms with van der Waals surface area (Å²) in [7, 11) is 0. The van der Waals surface area contributed by atoms with Gasteiger partial charge < -0.3 is 9.73 Å². The van der Waals surface area contributed by atoms with Crippen LogP contribution in [-0.4, -0.2) is 17.5 Å². The van der Waals surface area contributed by atoms with E-state index in [9.17, 15) is 9.59 Å². The van der Waals surface area contributed by atoms with E-state index in [0.717, 1.165) is 18.4 Å². The molecule has 2 N–H and O–H groups in total. The molecule has 0 atom stereocenters. The highest BCUT2D eigenvalue weighted by Gasteiger charge is 2.11.